The predicted octanol–water partition coefficient (Wildman–Crippen LogP) is 5.31. The standard InChI is InChI=1S/C30H26N4O5S2/c1-38-25-13-14-26(39-2)28-27(25)32-30(40-28)33(19-20-6-5-16-31-18-20)29(35)22-9-11-23(12-10-22)41(36,37)34-17-15-21-7-3-4-8-24(21)34/h3-14,16,18H,15,17,19H2,1-2H3. The smallest absolute Gasteiger partial charge is 0.264 e. The number of nitrogens with zero attached hydrogens (tertiary/aromatic N) is 4. The van der Waals surface area contributed by atoms with Crippen LogP contribution in [0, 0.1) is 0 Å². The molecule has 1 amide bonds. The van der Waals surface area contributed by atoms with Crippen LogP contribution in [0.4, 0.5) is 10.8 Å². The minimum atomic E-state index is -3.79. The summed E-state index contributed by atoms with van der Waals surface area (Å²) in [4.78, 5) is 24.6. The summed E-state index contributed by atoms with van der Waals surface area (Å²) in [5.41, 5.74) is 3.41. The molecule has 0 atom stereocenters. The summed E-state index contributed by atoms with van der Waals surface area (Å²) in [6.07, 6.45) is 4.02. The van der Waals surface area contributed by atoms with Crippen molar-refractivity contribution < 1.29 is 22.7 Å². The van der Waals surface area contributed by atoms with E-state index in [9.17, 15) is 13.2 Å². The molecule has 1 aliphatic rings. The highest BCUT2D eigenvalue weighted by atomic mass is 32.2. The molecule has 0 fully saturated rings. The molecule has 0 bridgehead atoms. The summed E-state index contributed by atoms with van der Waals surface area (Å²) in [6, 6.07) is 20.8. The number of ether oxygens (including phenoxy) is 2. The van der Waals surface area contributed by atoms with Crippen molar-refractivity contribution in [2.24, 2.45) is 0 Å². The first kappa shape index (κ1) is 26.7. The van der Waals surface area contributed by atoms with Gasteiger partial charge in [-0.15, -0.1) is 0 Å². The van der Waals surface area contributed by atoms with Crippen LogP contribution in [0.5, 0.6) is 11.5 Å². The molecule has 6 rings (SSSR count). The van der Waals surface area contributed by atoms with E-state index in [1.54, 1.807) is 61.8 Å². The van der Waals surface area contributed by atoms with Crippen molar-refractivity contribution in [2.75, 3.05) is 30.0 Å². The van der Waals surface area contributed by atoms with E-state index in [4.69, 9.17) is 14.5 Å². The lowest BCUT2D eigenvalue weighted by Gasteiger charge is -2.21. The first-order valence-electron chi connectivity index (χ1n) is 12.8. The highest BCUT2D eigenvalue weighted by Gasteiger charge is 2.31. The lowest BCUT2D eigenvalue weighted by atomic mass is 10.2. The molecule has 3 aromatic carbocycles. The maximum atomic E-state index is 14.0. The topological polar surface area (TPSA) is 102 Å². The number of sulfonamides is 1. The summed E-state index contributed by atoms with van der Waals surface area (Å²) in [5.74, 6) is 0.854. The van der Waals surface area contributed by atoms with Crippen LogP contribution in [-0.4, -0.2) is 45.1 Å². The largest absolute Gasteiger partial charge is 0.495 e. The van der Waals surface area contributed by atoms with Crippen LogP contribution in [0.1, 0.15) is 21.5 Å². The van der Waals surface area contributed by atoms with Gasteiger partial charge in [0.15, 0.2) is 5.13 Å². The summed E-state index contributed by atoms with van der Waals surface area (Å²) < 4.78 is 40.2. The van der Waals surface area contributed by atoms with Crippen LogP contribution in [0.2, 0.25) is 0 Å². The van der Waals surface area contributed by atoms with E-state index in [0.717, 1.165) is 15.8 Å². The number of carbonyl (C=O) groups excluding carboxylic acids is 1. The normalized spacial score (nSPS) is 12.8. The average Bonchev–Trinajstić information content (AvgIpc) is 3.65. The lowest BCUT2D eigenvalue weighted by Crippen LogP contribution is -2.31. The van der Waals surface area contributed by atoms with Gasteiger partial charge >= 0.3 is 0 Å². The molecule has 0 saturated heterocycles. The fourth-order valence-electron chi connectivity index (χ4n) is 4.90. The number of pyridine rings is 1. The van der Waals surface area contributed by atoms with Crippen LogP contribution in [0.15, 0.2) is 90.1 Å². The third-order valence-electron chi connectivity index (χ3n) is 6.97. The monoisotopic (exact) mass is 586 g/mol. The van der Waals surface area contributed by atoms with Crippen molar-refractivity contribution in [3.8, 4) is 11.5 Å². The van der Waals surface area contributed by atoms with Gasteiger partial charge < -0.3 is 9.47 Å². The Hall–Kier alpha value is -4.48. The van der Waals surface area contributed by atoms with Gasteiger partial charge in [-0.1, -0.05) is 35.6 Å². The molecule has 208 valence electrons. The highest BCUT2D eigenvalue weighted by molar-refractivity contribution is 7.92. The van der Waals surface area contributed by atoms with E-state index in [0.29, 0.717) is 46.4 Å². The SMILES string of the molecule is COc1ccc(OC)c2sc(N(Cc3cccnc3)C(=O)c3ccc(S(=O)(=O)N4CCc5ccccc54)cc3)nc12. The van der Waals surface area contributed by atoms with Crippen molar-refractivity contribution in [3.63, 3.8) is 0 Å². The highest BCUT2D eigenvalue weighted by Crippen LogP contribution is 2.41. The van der Waals surface area contributed by atoms with Gasteiger partial charge in [0.05, 0.1) is 31.3 Å². The van der Waals surface area contributed by atoms with Gasteiger partial charge in [0, 0.05) is 24.5 Å². The van der Waals surface area contributed by atoms with Crippen molar-refractivity contribution in [1.29, 1.82) is 0 Å². The Morgan fingerprint density at radius 1 is 0.976 bits per heavy atom. The van der Waals surface area contributed by atoms with Crippen molar-refractivity contribution >= 4 is 48.3 Å². The van der Waals surface area contributed by atoms with Crippen LogP contribution >= 0.6 is 11.3 Å². The number of amides is 1. The number of benzene rings is 3. The molecule has 3 heterocycles. The van der Waals surface area contributed by atoms with Crippen molar-refractivity contribution in [3.05, 3.63) is 102 Å². The van der Waals surface area contributed by atoms with Gasteiger partial charge in [-0.05, 0) is 66.1 Å². The first-order chi connectivity index (χ1) is 19.9. The number of hydrogen-bond acceptors (Lipinski definition) is 8. The fraction of sp³-hybridized carbons (Fsp3) is 0.167. The maximum absolute atomic E-state index is 14.0. The second-order valence-electron chi connectivity index (χ2n) is 9.38. The summed E-state index contributed by atoms with van der Waals surface area (Å²) in [6.45, 7) is 0.591. The first-order valence-corrected chi connectivity index (χ1v) is 15.1. The Balaban J connectivity index is 1.36. The molecule has 0 aliphatic carbocycles. The minimum Gasteiger partial charge on any atom is -0.495 e. The quantitative estimate of drug-likeness (QED) is 0.243. The number of thiazole rings is 1. The second kappa shape index (κ2) is 10.8. The molecule has 0 radical (unpaired) electrons. The zero-order valence-corrected chi connectivity index (χ0v) is 24.0. The van der Waals surface area contributed by atoms with Gasteiger partial charge in [0.25, 0.3) is 15.9 Å². The van der Waals surface area contributed by atoms with E-state index in [1.807, 2.05) is 30.3 Å². The number of anilines is 2. The molecule has 0 spiro atoms. The summed E-state index contributed by atoms with van der Waals surface area (Å²) >= 11 is 1.31. The predicted molar refractivity (Wildman–Crippen MR) is 159 cm³/mol. The summed E-state index contributed by atoms with van der Waals surface area (Å²) in [7, 11) is -0.643. The number of aromatic nitrogens is 2. The van der Waals surface area contributed by atoms with Crippen LogP contribution < -0.4 is 18.7 Å². The molecule has 2 aromatic heterocycles. The fourth-order valence-corrected chi connectivity index (χ4v) is 7.48. The average molecular weight is 587 g/mol. The Bertz CT molecular complexity index is 1800. The number of hydrogen-bond donors (Lipinski definition) is 0. The van der Waals surface area contributed by atoms with E-state index < -0.39 is 10.0 Å². The van der Waals surface area contributed by atoms with Gasteiger partial charge in [-0.3, -0.25) is 19.0 Å². The molecule has 0 N–H and O–H groups in total. The molecule has 0 saturated carbocycles. The number of fused-ring (bicyclic) bond motifs is 2. The van der Waals surface area contributed by atoms with Crippen molar-refractivity contribution in [1.82, 2.24) is 9.97 Å². The second-order valence-corrected chi connectivity index (χ2v) is 12.2. The van der Waals surface area contributed by atoms with Gasteiger partial charge in [-0.25, -0.2) is 13.4 Å². The number of carbonyl (C=O) groups is 1. The Labute approximate surface area is 241 Å². The van der Waals surface area contributed by atoms with Gasteiger partial charge in [-0.2, -0.15) is 0 Å². The lowest BCUT2D eigenvalue weighted by molar-refractivity contribution is 0.0985. The van der Waals surface area contributed by atoms with Gasteiger partial charge in [0.2, 0.25) is 0 Å². The molecule has 1 aliphatic heterocycles. The molecule has 9 nitrogen and oxygen atoms in total. The van der Waals surface area contributed by atoms with Crippen LogP contribution in [0.3, 0.4) is 0 Å². The van der Waals surface area contributed by atoms with Crippen LogP contribution in [0.25, 0.3) is 10.2 Å². The number of para-hydroxylation sites is 1. The maximum Gasteiger partial charge on any atom is 0.264 e. The molecule has 5 aromatic rings. The zero-order chi connectivity index (χ0) is 28.6. The molecule has 0 unspecified atom stereocenters. The van der Waals surface area contributed by atoms with Gasteiger partial charge in [0.1, 0.15) is 21.7 Å². The number of methoxy groups -OCH3 is 2. The van der Waals surface area contributed by atoms with E-state index in [2.05, 4.69) is 4.98 Å². The Morgan fingerprint density at radius 2 is 1.73 bits per heavy atom. The summed E-state index contributed by atoms with van der Waals surface area (Å²) in [5, 5.41) is 0.446. The molecule has 11 heteroatoms. The van der Waals surface area contributed by atoms with E-state index in [-0.39, 0.29) is 17.3 Å². The Morgan fingerprint density at radius 3 is 2.46 bits per heavy atom. The Kier molecular flexibility index (Phi) is 7.06. The van der Waals surface area contributed by atoms with Crippen molar-refractivity contribution in [2.45, 2.75) is 17.9 Å². The van der Waals surface area contributed by atoms with E-state index >= 15 is 0 Å². The third-order valence-corrected chi connectivity index (χ3v) is 9.89. The minimum absolute atomic E-state index is 0.124. The molecule has 41 heavy (non-hydrogen) atoms. The zero-order valence-electron chi connectivity index (χ0n) is 22.4. The van der Waals surface area contributed by atoms with E-state index in [1.165, 1.54) is 27.8 Å². The third kappa shape index (κ3) is 4.87. The number of rotatable bonds is 8. The molecular weight excluding hydrogens is 560 g/mol. The molecular formula is C30H26N4O5S2. The van der Waals surface area contributed by atoms with Crippen LogP contribution in [-0.2, 0) is 23.0 Å².